The van der Waals surface area contributed by atoms with Crippen molar-refractivity contribution in [2.24, 2.45) is 0 Å². The quantitative estimate of drug-likeness (QED) is 0.749. The van der Waals surface area contributed by atoms with Crippen LogP contribution in [0.4, 0.5) is 6.01 Å². The van der Waals surface area contributed by atoms with E-state index in [-0.39, 0.29) is 25.5 Å². The highest BCUT2D eigenvalue weighted by Crippen LogP contribution is 2.34. The second-order valence-electron chi connectivity index (χ2n) is 5.89. The molecule has 2 aliphatic heterocycles. The van der Waals surface area contributed by atoms with Gasteiger partial charge in [-0.05, 0) is 35.9 Å². The molecule has 27 heavy (non-hydrogen) atoms. The van der Waals surface area contributed by atoms with E-state index in [0.29, 0.717) is 40.9 Å². The molecule has 1 aromatic heterocycles. The van der Waals surface area contributed by atoms with Gasteiger partial charge in [-0.2, -0.15) is 0 Å². The molecular formula is C18H13N3O6. The van der Waals surface area contributed by atoms with E-state index in [1.807, 2.05) is 18.2 Å². The number of ether oxygens (including phenoxy) is 4. The lowest BCUT2D eigenvalue weighted by molar-refractivity contribution is 0.102. The molecule has 3 aromatic rings. The molecule has 9 heteroatoms. The van der Waals surface area contributed by atoms with Crippen molar-refractivity contribution in [1.82, 2.24) is 10.2 Å². The number of amides is 1. The molecule has 0 saturated carbocycles. The molecule has 0 aliphatic carbocycles. The van der Waals surface area contributed by atoms with Crippen molar-refractivity contribution in [2.75, 3.05) is 18.9 Å². The molecule has 5 rings (SSSR count). The maximum atomic E-state index is 12.3. The molecule has 0 bridgehead atoms. The summed E-state index contributed by atoms with van der Waals surface area (Å²) in [4.78, 5) is 12.3. The second kappa shape index (κ2) is 6.20. The van der Waals surface area contributed by atoms with E-state index in [1.165, 1.54) is 0 Å². The molecule has 2 aromatic carbocycles. The molecule has 0 saturated heterocycles. The van der Waals surface area contributed by atoms with E-state index in [9.17, 15) is 4.79 Å². The Balaban J connectivity index is 1.27. The monoisotopic (exact) mass is 367 g/mol. The Labute approximate surface area is 152 Å². The van der Waals surface area contributed by atoms with Gasteiger partial charge < -0.3 is 23.4 Å². The fourth-order valence-electron chi connectivity index (χ4n) is 2.81. The number of nitrogens with zero attached hydrogens (tertiary/aromatic N) is 2. The normalized spacial score (nSPS) is 13.6. The number of hydrogen-bond donors (Lipinski definition) is 1. The minimum absolute atomic E-state index is 0.0217. The zero-order valence-corrected chi connectivity index (χ0v) is 13.9. The van der Waals surface area contributed by atoms with Crippen molar-refractivity contribution < 1.29 is 28.2 Å². The van der Waals surface area contributed by atoms with Crippen LogP contribution in [-0.4, -0.2) is 29.7 Å². The Morgan fingerprint density at radius 1 is 0.889 bits per heavy atom. The summed E-state index contributed by atoms with van der Waals surface area (Å²) >= 11 is 0. The van der Waals surface area contributed by atoms with E-state index in [2.05, 4.69) is 15.5 Å². The highest BCUT2D eigenvalue weighted by molar-refractivity contribution is 6.03. The number of nitrogens with one attached hydrogen (secondary N) is 1. The predicted octanol–water partition coefficient (Wildman–Crippen LogP) is 2.37. The minimum Gasteiger partial charge on any atom is -0.454 e. The number of anilines is 1. The van der Waals surface area contributed by atoms with Crippen LogP contribution in [0.3, 0.4) is 0 Å². The first-order valence-corrected chi connectivity index (χ1v) is 8.16. The van der Waals surface area contributed by atoms with Gasteiger partial charge >= 0.3 is 6.01 Å². The van der Waals surface area contributed by atoms with Crippen LogP contribution in [0.5, 0.6) is 23.0 Å². The van der Waals surface area contributed by atoms with Crippen molar-refractivity contribution in [3.05, 3.63) is 53.4 Å². The number of carbonyl (C=O) groups excluding carboxylic acids is 1. The summed E-state index contributed by atoms with van der Waals surface area (Å²) in [5.41, 5.74) is 1.33. The van der Waals surface area contributed by atoms with Gasteiger partial charge in [-0.3, -0.25) is 10.1 Å². The molecule has 0 atom stereocenters. The van der Waals surface area contributed by atoms with Crippen molar-refractivity contribution in [3.63, 3.8) is 0 Å². The standard InChI is InChI=1S/C18H13N3O6/c22-17(11-2-4-13-15(7-11)26-9-24-13)19-18-21-20-16(27-18)6-10-1-3-12-14(5-10)25-8-23-12/h1-5,7H,6,8-9H2,(H,19,21,22). The van der Waals surface area contributed by atoms with Crippen LogP contribution in [0.15, 0.2) is 40.8 Å². The molecule has 0 fully saturated rings. The average molecular weight is 367 g/mol. The van der Waals surface area contributed by atoms with Crippen molar-refractivity contribution in [1.29, 1.82) is 0 Å². The Bertz CT molecular complexity index is 1030. The molecule has 0 unspecified atom stereocenters. The van der Waals surface area contributed by atoms with Gasteiger partial charge in [-0.1, -0.05) is 11.2 Å². The lowest BCUT2D eigenvalue weighted by Gasteiger charge is -2.02. The first-order valence-electron chi connectivity index (χ1n) is 8.16. The van der Waals surface area contributed by atoms with Gasteiger partial charge in [-0.15, -0.1) is 5.10 Å². The molecule has 0 spiro atoms. The van der Waals surface area contributed by atoms with Gasteiger partial charge in [-0.25, -0.2) is 0 Å². The Hall–Kier alpha value is -3.75. The van der Waals surface area contributed by atoms with Crippen molar-refractivity contribution in [2.45, 2.75) is 6.42 Å². The first-order chi connectivity index (χ1) is 13.2. The zero-order valence-electron chi connectivity index (χ0n) is 13.9. The van der Waals surface area contributed by atoms with Crippen LogP contribution in [0.1, 0.15) is 21.8 Å². The molecular weight excluding hydrogens is 354 g/mol. The van der Waals surface area contributed by atoms with Gasteiger partial charge in [0.2, 0.25) is 19.5 Å². The van der Waals surface area contributed by atoms with E-state index in [0.717, 1.165) is 5.56 Å². The van der Waals surface area contributed by atoms with E-state index >= 15 is 0 Å². The molecule has 0 radical (unpaired) electrons. The lowest BCUT2D eigenvalue weighted by atomic mass is 10.1. The smallest absolute Gasteiger partial charge is 0.322 e. The molecule has 3 heterocycles. The topological polar surface area (TPSA) is 105 Å². The minimum atomic E-state index is -0.383. The number of fused-ring (bicyclic) bond motifs is 2. The number of rotatable bonds is 4. The number of hydrogen-bond acceptors (Lipinski definition) is 8. The van der Waals surface area contributed by atoms with Crippen LogP contribution in [0.25, 0.3) is 0 Å². The third kappa shape index (κ3) is 2.99. The van der Waals surface area contributed by atoms with Crippen LogP contribution >= 0.6 is 0 Å². The maximum Gasteiger partial charge on any atom is 0.322 e. The summed E-state index contributed by atoms with van der Waals surface area (Å²) in [6, 6.07) is 10.5. The van der Waals surface area contributed by atoms with Gasteiger partial charge in [0.25, 0.3) is 5.91 Å². The van der Waals surface area contributed by atoms with Crippen molar-refractivity contribution in [3.8, 4) is 23.0 Å². The average Bonchev–Trinajstić information content (AvgIpc) is 3.41. The fourth-order valence-corrected chi connectivity index (χ4v) is 2.81. The summed E-state index contributed by atoms with van der Waals surface area (Å²) < 4.78 is 26.6. The van der Waals surface area contributed by atoms with E-state index in [1.54, 1.807) is 18.2 Å². The fraction of sp³-hybridized carbons (Fsp3) is 0.167. The summed E-state index contributed by atoms with van der Waals surface area (Å²) in [5.74, 6) is 2.51. The molecule has 9 nitrogen and oxygen atoms in total. The van der Waals surface area contributed by atoms with Crippen LogP contribution in [-0.2, 0) is 6.42 Å². The third-order valence-electron chi connectivity index (χ3n) is 4.11. The highest BCUT2D eigenvalue weighted by atomic mass is 16.7. The summed E-state index contributed by atoms with van der Waals surface area (Å²) in [7, 11) is 0. The maximum absolute atomic E-state index is 12.3. The van der Waals surface area contributed by atoms with Crippen LogP contribution < -0.4 is 24.3 Å². The van der Waals surface area contributed by atoms with Crippen LogP contribution in [0.2, 0.25) is 0 Å². The summed E-state index contributed by atoms with van der Waals surface area (Å²) in [6.45, 7) is 0.364. The molecule has 136 valence electrons. The van der Waals surface area contributed by atoms with E-state index in [4.69, 9.17) is 23.4 Å². The third-order valence-corrected chi connectivity index (χ3v) is 4.11. The highest BCUT2D eigenvalue weighted by Gasteiger charge is 2.18. The van der Waals surface area contributed by atoms with E-state index < -0.39 is 0 Å². The molecule has 1 N–H and O–H groups in total. The van der Waals surface area contributed by atoms with Crippen LogP contribution in [0, 0.1) is 0 Å². The lowest BCUT2D eigenvalue weighted by Crippen LogP contribution is -2.12. The predicted molar refractivity (Wildman–Crippen MR) is 90.2 cm³/mol. The Morgan fingerprint density at radius 2 is 1.59 bits per heavy atom. The SMILES string of the molecule is O=C(Nc1nnc(Cc2ccc3c(c2)OCO3)o1)c1ccc2c(c1)OCO2. The van der Waals surface area contributed by atoms with Gasteiger partial charge in [0, 0.05) is 5.56 Å². The largest absolute Gasteiger partial charge is 0.454 e. The molecule has 2 aliphatic rings. The van der Waals surface area contributed by atoms with Gasteiger partial charge in [0.1, 0.15) is 0 Å². The number of aromatic nitrogens is 2. The second-order valence-corrected chi connectivity index (χ2v) is 5.89. The zero-order chi connectivity index (χ0) is 18.2. The molecule has 1 amide bonds. The number of carbonyl (C=O) groups is 1. The van der Waals surface area contributed by atoms with Gasteiger partial charge in [0.15, 0.2) is 23.0 Å². The van der Waals surface area contributed by atoms with Crippen molar-refractivity contribution >= 4 is 11.9 Å². The Kier molecular flexibility index (Phi) is 3.56. The summed E-state index contributed by atoms with van der Waals surface area (Å²) in [5, 5.41) is 10.4. The number of benzene rings is 2. The first kappa shape index (κ1) is 15.5. The summed E-state index contributed by atoms with van der Waals surface area (Å²) in [6.07, 6.45) is 0.406. The Morgan fingerprint density at radius 3 is 2.41 bits per heavy atom. The van der Waals surface area contributed by atoms with Gasteiger partial charge in [0.05, 0.1) is 6.42 Å².